The van der Waals surface area contributed by atoms with E-state index >= 15 is 0 Å². The fourth-order valence-electron chi connectivity index (χ4n) is 9.62. The summed E-state index contributed by atoms with van der Waals surface area (Å²) in [5, 5.41) is 0. The molecular formula is C29H48O3. The van der Waals surface area contributed by atoms with Gasteiger partial charge in [0.1, 0.15) is 11.7 Å². The fraction of sp³-hybridized carbons (Fsp3) is 0.931. The molecule has 4 unspecified atom stereocenters. The summed E-state index contributed by atoms with van der Waals surface area (Å²) in [5.41, 5.74) is 0.617. The second-order valence-electron chi connectivity index (χ2n) is 13.1. The molecule has 9 atom stereocenters. The van der Waals surface area contributed by atoms with Crippen molar-refractivity contribution < 1.29 is 14.3 Å². The van der Waals surface area contributed by atoms with E-state index in [0.29, 0.717) is 17.8 Å². The Kier molecular flexibility index (Phi) is 6.87. The van der Waals surface area contributed by atoms with Crippen LogP contribution in [0.5, 0.6) is 0 Å². The van der Waals surface area contributed by atoms with E-state index in [4.69, 9.17) is 4.74 Å². The van der Waals surface area contributed by atoms with Crippen LogP contribution in [0, 0.1) is 58.2 Å². The van der Waals surface area contributed by atoms with Gasteiger partial charge in [-0.1, -0.05) is 53.9 Å². The maximum absolute atomic E-state index is 12.7. The number of ether oxygens (including phenoxy) is 1. The lowest BCUT2D eigenvalue weighted by Gasteiger charge is -2.61. The van der Waals surface area contributed by atoms with Gasteiger partial charge in [-0.3, -0.25) is 9.59 Å². The number of fused-ring (bicyclic) bond motifs is 5. The molecule has 0 aromatic heterocycles. The van der Waals surface area contributed by atoms with E-state index in [1.54, 1.807) is 0 Å². The highest BCUT2D eigenvalue weighted by molar-refractivity contribution is 6.00. The monoisotopic (exact) mass is 444 g/mol. The first kappa shape index (κ1) is 24.3. The van der Waals surface area contributed by atoms with Crippen molar-refractivity contribution in [3.05, 3.63) is 0 Å². The van der Waals surface area contributed by atoms with E-state index in [9.17, 15) is 9.59 Å². The Balaban J connectivity index is 1.51. The molecule has 0 amide bonds. The van der Waals surface area contributed by atoms with Crippen molar-refractivity contribution in [2.45, 2.75) is 105 Å². The quantitative estimate of drug-likeness (QED) is 0.325. The van der Waals surface area contributed by atoms with Crippen LogP contribution in [0.3, 0.4) is 0 Å². The second kappa shape index (κ2) is 9.06. The van der Waals surface area contributed by atoms with Crippen molar-refractivity contribution in [2.24, 2.45) is 58.2 Å². The Bertz CT molecular complexity index is 705. The van der Waals surface area contributed by atoms with E-state index in [-0.39, 0.29) is 23.1 Å². The summed E-state index contributed by atoms with van der Waals surface area (Å²) in [5.74, 6) is 4.37. The number of hydrogen-bond donors (Lipinski definition) is 0. The van der Waals surface area contributed by atoms with Crippen molar-refractivity contribution in [2.75, 3.05) is 7.11 Å². The molecule has 0 aromatic carbocycles. The Labute approximate surface area is 196 Å². The third kappa shape index (κ3) is 3.88. The smallest absolute Gasteiger partial charge is 0.316 e. The van der Waals surface area contributed by atoms with Crippen molar-refractivity contribution in [3.8, 4) is 0 Å². The number of ketones is 1. The molecule has 0 N–H and O–H groups in total. The first-order valence-corrected chi connectivity index (χ1v) is 13.7. The first-order valence-electron chi connectivity index (χ1n) is 13.7. The number of Topliss-reactive ketones (excluding diaryl/α,β-unsaturated/α-hetero) is 1. The molecule has 4 aliphatic rings. The van der Waals surface area contributed by atoms with Gasteiger partial charge in [0.15, 0.2) is 0 Å². The molecule has 0 heterocycles. The summed E-state index contributed by atoms with van der Waals surface area (Å²) in [7, 11) is 1.44. The van der Waals surface area contributed by atoms with Crippen LogP contribution >= 0.6 is 0 Å². The Hall–Kier alpha value is -0.860. The lowest BCUT2D eigenvalue weighted by atomic mass is 9.43. The molecule has 4 saturated carbocycles. The van der Waals surface area contributed by atoms with E-state index in [1.165, 1.54) is 58.5 Å². The molecule has 4 aliphatic carbocycles. The average molecular weight is 445 g/mol. The van der Waals surface area contributed by atoms with Crippen LogP contribution in [0.1, 0.15) is 105 Å². The van der Waals surface area contributed by atoms with E-state index in [2.05, 4.69) is 34.6 Å². The van der Waals surface area contributed by atoms with Crippen LogP contribution in [0.25, 0.3) is 0 Å². The molecule has 32 heavy (non-hydrogen) atoms. The Morgan fingerprint density at radius 1 is 0.938 bits per heavy atom. The zero-order valence-corrected chi connectivity index (χ0v) is 21.6. The van der Waals surface area contributed by atoms with Crippen LogP contribution in [-0.4, -0.2) is 18.9 Å². The van der Waals surface area contributed by atoms with Gasteiger partial charge in [0.2, 0.25) is 0 Å². The zero-order chi connectivity index (χ0) is 23.3. The zero-order valence-electron chi connectivity index (χ0n) is 21.6. The normalized spacial score (nSPS) is 44.5. The first-order chi connectivity index (χ1) is 15.1. The van der Waals surface area contributed by atoms with Crippen molar-refractivity contribution in [1.82, 2.24) is 0 Å². The summed E-state index contributed by atoms with van der Waals surface area (Å²) >= 11 is 0. The fourth-order valence-corrected chi connectivity index (χ4v) is 9.62. The third-order valence-electron chi connectivity index (χ3n) is 11.3. The van der Waals surface area contributed by atoms with E-state index < -0.39 is 5.92 Å². The van der Waals surface area contributed by atoms with E-state index in [1.807, 2.05) is 0 Å². The molecule has 182 valence electrons. The van der Waals surface area contributed by atoms with Crippen molar-refractivity contribution >= 4 is 11.8 Å². The molecule has 0 aliphatic heterocycles. The van der Waals surface area contributed by atoms with Gasteiger partial charge in [0, 0.05) is 6.42 Å². The molecule has 0 radical (unpaired) electrons. The predicted octanol–water partition coefficient (Wildman–Crippen LogP) is 7.08. The summed E-state index contributed by atoms with van der Waals surface area (Å²) < 4.78 is 5.10. The van der Waals surface area contributed by atoms with Gasteiger partial charge in [0.05, 0.1) is 7.11 Å². The molecule has 0 aromatic rings. The number of esters is 1. The SMILES string of the molecule is COC(=O)[C@@H]1C(=O)CC[C@]2(C)C3CC[C@@]4(C)C(CC[C@@H]4[C@H](C)CCCC(C)C)C3CCC12. The largest absolute Gasteiger partial charge is 0.468 e. The van der Waals surface area contributed by atoms with Gasteiger partial charge < -0.3 is 4.74 Å². The maximum Gasteiger partial charge on any atom is 0.316 e. The summed E-state index contributed by atoms with van der Waals surface area (Å²) in [4.78, 5) is 25.3. The molecule has 3 nitrogen and oxygen atoms in total. The van der Waals surface area contributed by atoms with Crippen molar-refractivity contribution in [1.29, 1.82) is 0 Å². The molecule has 0 spiro atoms. The Morgan fingerprint density at radius 3 is 2.31 bits per heavy atom. The second-order valence-corrected chi connectivity index (χ2v) is 13.1. The minimum Gasteiger partial charge on any atom is -0.468 e. The molecule has 0 bridgehead atoms. The molecule has 4 rings (SSSR count). The van der Waals surface area contributed by atoms with Gasteiger partial charge in [0.25, 0.3) is 0 Å². The standard InChI is InChI=1S/C29H48O3/c1-18(2)8-7-9-19(3)21-12-13-22-20-10-11-24-26(27(31)32-6)25(30)15-17-29(24,5)23(20)14-16-28(21,22)4/h18-24,26H,7-17H2,1-6H3/t19-,20?,21-,22?,23?,24?,26+,28-,29-/m1/s1. The average Bonchev–Trinajstić information content (AvgIpc) is 3.10. The van der Waals surface area contributed by atoms with Gasteiger partial charge in [-0.25, -0.2) is 0 Å². The Morgan fingerprint density at radius 2 is 1.62 bits per heavy atom. The highest BCUT2D eigenvalue weighted by Crippen LogP contribution is 2.68. The van der Waals surface area contributed by atoms with Crippen LogP contribution in [-0.2, 0) is 14.3 Å². The maximum atomic E-state index is 12.7. The summed E-state index contributed by atoms with van der Waals surface area (Å²) in [6, 6.07) is 0. The summed E-state index contributed by atoms with van der Waals surface area (Å²) in [6.45, 7) is 12.3. The molecule has 0 saturated heterocycles. The van der Waals surface area contributed by atoms with E-state index in [0.717, 1.165) is 42.4 Å². The molecular weight excluding hydrogens is 396 g/mol. The van der Waals surface area contributed by atoms with Gasteiger partial charge in [-0.2, -0.15) is 0 Å². The van der Waals surface area contributed by atoms with Crippen molar-refractivity contribution in [3.63, 3.8) is 0 Å². The highest BCUT2D eigenvalue weighted by atomic mass is 16.5. The minimum absolute atomic E-state index is 0.123. The topological polar surface area (TPSA) is 43.4 Å². The minimum atomic E-state index is -0.509. The van der Waals surface area contributed by atoms with Crippen LogP contribution < -0.4 is 0 Å². The predicted molar refractivity (Wildman–Crippen MR) is 129 cm³/mol. The van der Waals surface area contributed by atoms with Crippen LogP contribution in [0.4, 0.5) is 0 Å². The molecule has 3 heteroatoms. The number of carbonyl (C=O) groups is 2. The van der Waals surface area contributed by atoms with Crippen LogP contribution in [0.15, 0.2) is 0 Å². The number of rotatable bonds is 6. The van der Waals surface area contributed by atoms with Gasteiger partial charge in [-0.15, -0.1) is 0 Å². The third-order valence-corrected chi connectivity index (χ3v) is 11.3. The summed E-state index contributed by atoms with van der Waals surface area (Å²) in [6.07, 6.45) is 13.4. The molecule has 4 fully saturated rings. The lowest BCUT2D eigenvalue weighted by molar-refractivity contribution is -0.170. The van der Waals surface area contributed by atoms with Gasteiger partial charge in [-0.05, 0) is 97.2 Å². The highest BCUT2D eigenvalue weighted by Gasteiger charge is 2.62. The van der Waals surface area contributed by atoms with Gasteiger partial charge >= 0.3 is 5.97 Å². The van der Waals surface area contributed by atoms with Crippen LogP contribution in [0.2, 0.25) is 0 Å². The number of methoxy groups -OCH3 is 1. The lowest BCUT2D eigenvalue weighted by Crippen LogP contribution is -2.57. The number of hydrogen-bond acceptors (Lipinski definition) is 3. The number of carbonyl (C=O) groups excluding carboxylic acids is 2.